The van der Waals surface area contributed by atoms with Gasteiger partial charge in [-0.3, -0.25) is 14.9 Å². The number of carbonyl (C=O) groups is 2. The number of hydrogen-bond donors (Lipinski definition) is 1. The fourth-order valence-electron chi connectivity index (χ4n) is 1.87. The highest BCUT2D eigenvalue weighted by Gasteiger charge is 2.31. The first kappa shape index (κ1) is 12.3. The number of amides is 2. The first-order valence-corrected chi connectivity index (χ1v) is 6.71. The third-order valence-corrected chi connectivity index (χ3v) is 3.95. The number of nitrogens with one attached hydrogen (secondary N) is 1. The SMILES string of the molecule is O=C1NC(=O)C(=C2C=CC(c3ccccc3Cl)O2)S1. The molecule has 19 heavy (non-hydrogen) atoms. The van der Waals surface area contributed by atoms with Crippen LogP contribution in [0.3, 0.4) is 0 Å². The van der Waals surface area contributed by atoms with Gasteiger partial charge in [0.25, 0.3) is 11.1 Å². The van der Waals surface area contributed by atoms with Gasteiger partial charge in [-0.15, -0.1) is 0 Å². The third kappa shape index (κ3) is 2.27. The molecule has 0 aliphatic carbocycles. The van der Waals surface area contributed by atoms with Crippen molar-refractivity contribution in [2.24, 2.45) is 0 Å². The molecule has 0 radical (unpaired) electrons. The Morgan fingerprint density at radius 3 is 2.74 bits per heavy atom. The van der Waals surface area contributed by atoms with Crippen LogP contribution in [0.15, 0.2) is 47.1 Å². The van der Waals surface area contributed by atoms with Crippen molar-refractivity contribution in [3.63, 3.8) is 0 Å². The van der Waals surface area contributed by atoms with E-state index in [4.69, 9.17) is 16.3 Å². The summed E-state index contributed by atoms with van der Waals surface area (Å²) in [6.07, 6.45) is 3.16. The highest BCUT2D eigenvalue weighted by molar-refractivity contribution is 8.18. The second kappa shape index (κ2) is 4.75. The largest absolute Gasteiger partial charge is 0.480 e. The predicted molar refractivity (Wildman–Crippen MR) is 72.6 cm³/mol. The van der Waals surface area contributed by atoms with E-state index in [1.807, 2.05) is 18.2 Å². The van der Waals surface area contributed by atoms with Gasteiger partial charge in [0.15, 0.2) is 0 Å². The van der Waals surface area contributed by atoms with E-state index < -0.39 is 5.91 Å². The van der Waals surface area contributed by atoms with Gasteiger partial charge >= 0.3 is 0 Å². The molecule has 96 valence electrons. The standard InChI is InChI=1S/C13H8ClNO3S/c14-8-4-2-1-3-7(8)9-5-6-10(18-9)11-12(16)15-13(17)19-11/h1-6,9H,(H,15,16,17). The predicted octanol–water partition coefficient (Wildman–Crippen LogP) is 3.16. The van der Waals surface area contributed by atoms with Crippen molar-refractivity contribution in [3.05, 3.63) is 57.7 Å². The summed E-state index contributed by atoms with van der Waals surface area (Å²) in [6, 6.07) is 7.34. The number of allylic oxidation sites excluding steroid dienone is 1. The first-order valence-electron chi connectivity index (χ1n) is 5.52. The molecule has 2 amide bonds. The van der Waals surface area contributed by atoms with Gasteiger partial charge in [-0.2, -0.15) is 0 Å². The van der Waals surface area contributed by atoms with Crippen LogP contribution in [0, 0.1) is 0 Å². The highest BCUT2D eigenvalue weighted by atomic mass is 35.5. The number of rotatable bonds is 1. The Hall–Kier alpha value is -1.72. The van der Waals surface area contributed by atoms with E-state index in [0.29, 0.717) is 10.8 Å². The number of halogens is 1. The van der Waals surface area contributed by atoms with Gasteiger partial charge in [-0.05, 0) is 30.0 Å². The van der Waals surface area contributed by atoms with Crippen molar-refractivity contribution in [2.75, 3.05) is 0 Å². The average Bonchev–Trinajstić information content (AvgIpc) is 2.96. The smallest absolute Gasteiger partial charge is 0.291 e. The Labute approximate surface area is 118 Å². The molecule has 2 heterocycles. The van der Waals surface area contributed by atoms with Gasteiger partial charge < -0.3 is 4.74 Å². The molecule has 1 atom stereocenters. The van der Waals surface area contributed by atoms with E-state index in [1.165, 1.54) is 0 Å². The topological polar surface area (TPSA) is 55.4 Å². The van der Waals surface area contributed by atoms with Crippen molar-refractivity contribution in [3.8, 4) is 0 Å². The molecular weight excluding hydrogens is 286 g/mol. The lowest BCUT2D eigenvalue weighted by molar-refractivity contribution is -0.115. The molecule has 0 bridgehead atoms. The molecule has 3 rings (SSSR count). The quantitative estimate of drug-likeness (QED) is 0.808. The first-order chi connectivity index (χ1) is 9.15. The molecule has 0 aromatic heterocycles. The average molecular weight is 294 g/mol. The van der Waals surface area contributed by atoms with Gasteiger partial charge in [0.05, 0.1) is 0 Å². The van der Waals surface area contributed by atoms with Crippen LogP contribution >= 0.6 is 23.4 Å². The molecule has 0 spiro atoms. The van der Waals surface area contributed by atoms with Crippen molar-refractivity contribution in [1.29, 1.82) is 0 Å². The number of ether oxygens (including phenoxy) is 1. The summed E-state index contributed by atoms with van der Waals surface area (Å²) >= 11 is 6.94. The minimum absolute atomic E-state index is 0.288. The van der Waals surface area contributed by atoms with Gasteiger partial charge in [-0.1, -0.05) is 29.8 Å². The summed E-state index contributed by atoms with van der Waals surface area (Å²) < 4.78 is 5.68. The molecule has 1 aromatic rings. The maximum atomic E-state index is 11.5. The fourth-order valence-corrected chi connectivity index (χ4v) is 2.80. The summed E-state index contributed by atoms with van der Waals surface area (Å²) in [5, 5.41) is 2.41. The second-order valence-corrected chi connectivity index (χ2v) is 5.35. The maximum Gasteiger partial charge on any atom is 0.291 e. The molecule has 0 saturated carbocycles. The fraction of sp³-hybridized carbons (Fsp3) is 0.0769. The number of thioether (sulfide) groups is 1. The van der Waals surface area contributed by atoms with Crippen molar-refractivity contribution in [1.82, 2.24) is 5.32 Å². The van der Waals surface area contributed by atoms with Crippen molar-refractivity contribution < 1.29 is 14.3 Å². The highest BCUT2D eigenvalue weighted by Crippen LogP contribution is 2.37. The van der Waals surface area contributed by atoms with E-state index in [-0.39, 0.29) is 16.2 Å². The third-order valence-electron chi connectivity index (χ3n) is 2.73. The molecule has 2 aliphatic rings. The monoisotopic (exact) mass is 293 g/mol. The Morgan fingerprint density at radius 1 is 1.26 bits per heavy atom. The van der Waals surface area contributed by atoms with Gasteiger partial charge in [-0.25, -0.2) is 0 Å². The van der Waals surface area contributed by atoms with Crippen LogP contribution in [0.5, 0.6) is 0 Å². The normalized spacial score (nSPS) is 25.6. The molecule has 4 nitrogen and oxygen atoms in total. The van der Waals surface area contributed by atoms with E-state index in [0.717, 1.165) is 17.3 Å². The molecule has 1 fully saturated rings. The maximum absolute atomic E-state index is 11.5. The molecule has 2 aliphatic heterocycles. The Balaban J connectivity index is 1.88. The van der Waals surface area contributed by atoms with Crippen molar-refractivity contribution >= 4 is 34.5 Å². The zero-order valence-corrected chi connectivity index (χ0v) is 11.1. The molecule has 6 heteroatoms. The zero-order chi connectivity index (χ0) is 13.4. The van der Waals surface area contributed by atoms with E-state index in [2.05, 4.69) is 5.32 Å². The van der Waals surface area contributed by atoms with Crippen LogP contribution in [0.1, 0.15) is 11.7 Å². The lowest BCUT2D eigenvalue weighted by Crippen LogP contribution is -2.18. The summed E-state index contributed by atoms with van der Waals surface area (Å²) in [5.41, 5.74) is 0.825. The summed E-state index contributed by atoms with van der Waals surface area (Å²) in [6.45, 7) is 0. The van der Waals surface area contributed by atoms with E-state index in [1.54, 1.807) is 18.2 Å². The number of benzene rings is 1. The van der Waals surface area contributed by atoms with Gasteiger partial charge in [0, 0.05) is 10.6 Å². The van der Waals surface area contributed by atoms with Crippen LogP contribution in [-0.4, -0.2) is 11.1 Å². The minimum atomic E-state index is -0.422. The Bertz CT molecular complexity index is 639. The lowest BCUT2D eigenvalue weighted by Gasteiger charge is -2.12. The second-order valence-electron chi connectivity index (χ2n) is 3.96. The van der Waals surface area contributed by atoms with E-state index >= 15 is 0 Å². The Morgan fingerprint density at radius 2 is 2.05 bits per heavy atom. The van der Waals surface area contributed by atoms with Gasteiger partial charge in [0.2, 0.25) is 0 Å². The molecule has 1 saturated heterocycles. The van der Waals surface area contributed by atoms with Gasteiger partial charge in [0.1, 0.15) is 16.8 Å². The van der Waals surface area contributed by atoms with Crippen LogP contribution in [0.4, 0.5) is 4.79 Å². The number of hydrogen-bond acceptors (Lipinski definition) is 4. The number of imide groups is 1. The van der Waals surface area contributed by atoms with Crippen molar-refractivity contribution in [2.45, 2.75) is 6.10 Å². The molecular formula is C13H8ClNO3S. The van der Waals surface area contributed by atoms with Crippen LogP contribution in [0.2, 0.25) is 5.02 Å². The van der Waals surface area contributed by atoms with Crippen LogP contribution < -0.4 is 5.32 Å². The summed E-state index contributed by atoms with van der Waals surface area (Å²) in [5.74, 6) is -0.0206. The number of carbonyl (C=O) groups excluding carboxylic acids is 2. The van der Waals surface area contributed by atoms with Crippen LogP contribution in [0.25, 0.3) is 0 Å². The summed E-state index contributed by atoms with van der Waals surface area (Å²) in [7, 11) is 0. The Kier molecular flexibility index (Phi) is 3.08. The van der Waals surface area contributed by atoms with E-state index in [9.17, 15) is 9.59 Å². The minimum Gasteiger partial charge on any atom is -0.480 e. The summed E-state index contributed by atoms with van der Waals surface area (Å²) in [4.78, 5) is 22.9. The zero-order valence-electron chi connectivity index (χ0n) is 9.55. The van der Waals surface area contributed by atoms with Crippen LogP contribution in [-0.2, 0) is 9.53 Å². The molecule has 1 N–H and O–H groups in total. The molecule has 1 aromatic carbocycles. The lowest BCUT2D eigenvalue weighted by atomic mass is 10.1. The molecule has 1 unspecified atom stereocenters.